The second kappa shape index (κ2) is 11.5. The van der Waals surface area contributed by atoms with Crippen molar-refractivity contribution in [3.05, 3.63) is 83.9 Å². The van der Waals surface area contributed by atoms with Crippen LogP contribution >= 0.6 is 0 Å². The number of carboxylic acid groups (broad SMARTS) is 1. The molecule has 37 heavy (non-hydrogen) atoms. The molecule has 0 aliphatic heterocycles. The quantitative estimate of drug-likeness (QED) is 0.179. The van der Waals surface area contributed by atoms with Gasteiger partial charge in [-0.2, -0.15) is 0 Å². The molecule has 0 aliphatic rings. The van der Waals surface area contributed by atoms with Crippen LogP contribution in [0.5, 0.6) is 5.75 Å². The van der Waals surface area contributed by atoms with Crippen molar-refractivity contribution in [2.45, 2.75) is 12.5 Å². The van der Waals surface area contributed by atoms with Crippen molar-refractivity contribution in [3.8, 4) is 17.0 Å². The number of anilines is 1. The van der Waals surface area contributed by atoms with E-state index < -0.39 is 22.1 Å². The number of hydrogen-bond donors (Lipinski definition) is 5. The molecule has 0 unspecified atom stereocenters. The number of fused-ring (bicyclic) bond motifs is 1. The molecule has 0 amide bonds. The second-order valence-corrected chi connectivity index (χ2v) is 10.4. The van der Waals surface area contributed by atoms with Crippen LogP contribution < -0.4 is 14.8 Å². The summed E-state index contributed by atoms with van der Waals surface area (Å²) in [5, 5.41) is 23.8. The Labute approximate surface area is 215 Å². The van der Waals surface area contributed by atoms with Gasteiger partial charge in [-0.3, -0.25) is 9.52 Å². The van der Waals surface area contributed by atoms with Crippen molar-refractivity contribution in [2.75, 3.05) is 30.7 Å². The highest BCUT2D eigenvalue weighted by molar-refractivity contribution is 7.92. The van der Waals surface area contributed by atoms with Crippen molar-refractivity contribution < 1.29 is 28.2 Å². The van der Waals surface area contributed by atoms with Crippen LogP contribution in [0.3, 0.4) is 0 Å². The number of benzene rings is 3. The first-order chi connectivity index (χ1) is 17.7. The zero-order valence-electron chi connectivity index (χ0n) is 20.3. The molecule has 9 nitrogen and oxygen atoms in total. The number of sulfonamides is 1. The SMILES string of the molecule is CS(=O)(=O)Nc1cccc([C@@H](O)CNCCOc2ccc3c(CC(=O)O)c(-c4ccccc4)[nH]c3c2)c1. The first-order valence-electron chi connectivity index (χ1n) is 11.7. The van der Waals surface area contributed by atoms with Crippen LogP contribution in [-0.4, -0.2) is 55.5 Å². The Hall–Kier alpha value is -3.86. The number of carboxylic acids is 1. The molecule has 10 heteroatoms. The summed E-state index contributed by atoms with van der Waals surface area (Å²) in [6.07, 6.45) is 0.160. The molecule has 0 radical (unpaired) electrons. The minimum atomic E-state index is -3.40. The third kappa shape index (κ3) is 7.10. The zero-order chi connectivity index (χ0) is 26.4. The molecule has 4 aromatic rings. The van der Waals surface area contributed by atoms with E-state index in [1.165, 1.54) is 0 Å². The number of aliphatic hydroxyl groups excluding tert-OH is 1. The lowest BCUT2D eigenvalue weighted by Crippen LogP contribution is -2.26. The first-order valence-corrected chi connectivity index (χ1v) is 13.6. The van der Waals surface area contributed by atoms with Gasteiger partial charge >= 0.3 is 5.97 Å². The minimum absolute atomic E-state index is 0.0933. The lowest BCUT2D eigenvalue weighted by molar-refractivity contribution is -0.136. The standard InChI is InChI=1S/C27H29N3O6S/c1-37(34,35)30-20-9-5-8-19(14-20)25(31)17-28-12-13-36-21-10-11-22-23(16-26(32)33)27(29-24(22)15-21)18-6-3-2-4-7-18/h2-11,14-15,25,28-31H,12-13,16-17H2,1H3,(H,32,33)/t25-/m0/s1. The predicted octanol–water partition coefficient (Wildman–Crippen LogP) is 3.54. The van der Waals surface area contributed by atoms with E-state index in [-0.39, 0.29) is 13.0 Å². The van der Waals surface area contributed by atoms with Crippen LogP contribution in [0.4, 0.5) is 5.69 Å². The normalized spacial score (nSPS) is 12.4. The van der Waals surface area contributed by atoms with Gasteiger partial charge in [0.05, 0.1) is 24.5 Å². The summed E-state index contributed by atoms with van der Waals surface area (Å²) in [6, 6.07) is 21.7. The molecule has 0 saturated carbocycles. The summed E-state index contributed by atoms with van der Waals surface area (Å²) in [4.78, 5) is 14.8. The van der Waals surface area contributed by atoms with E-state index in [4.69, 9.17) is 4.74 Å². The highest BCUT2D eigenvalue weighted by atomic mass is 32.2. The molecular weight excluding hydrogens is 494 g/mol. The molecule has 1 heterocycles. The molecule has 3 aromatic carbocycles. The van der Waals surface area contributed by atoms with Crippen LogP contribution in [0, 0.1) is 0 Å². The number of H-pyrrole nitrogens is 1. The Balaban J connectivity index is 1.35. The van der Waals surface area contributed by atoms with Gasteiger partial charge in [0.2, 0.25) is 10.0 Å². The number of aromatic nitrogens is 1. The third-order valence-electron chi connectivity index (χ3n) is 5.73. The van der Waals surface area contributed by atoms with E-state index in [0.29, 0.717) is 30.2 Å². The Morgan fingerprint density at radius 2 is 1.84 bits per heavy atom. The van der Waals surface area contributed by atoms with Gasteiger partial charge in [-0.15, -0.1) is 0 Å². The van der Waals surface area contributed by atoms with Crippen LogP contribution in [-0.2, 0) is 21.2 Å². The average molecular weight is 524 g/mol. The number of hydrogen-bond acceptors (Lipinski definition) is 6. The van der Waals surface area contributed by atoms with E-state index in [1.807, 2.05) is 48.5 Å². The van der Waals surface area contributed by atoms with Gasteiger partial charge in [-0.25, -0.2) is 8.42 Å². The maximum atomic E-state index is 11.5. The molecule has 194 valence electrons. The molecule has 1 aromatic heterocycles. The van der Waals surface area contributed by atoms with Crippen molar-refractivity contribution in [3.63, 3.8) is 0 Å². The smallest absolute Gasteiger partial charge is 0.307 e. The summed E-state index contributed by atoms with van der Waals surface area (Å²) in [5.41, 5.74) is 4.19. The maximum Gasteiger partial charge on any atom is 0.307 e. The monoisotopic (exact) mass is 523 g/mol. The number of rotatable bonds is 12. The molecule has 5 N–H and O–H groups in total. The van der Waals surface area contributed by atoms with Gasteiger partial charge < -0.3 is 25.3 Å². The van der Waals surface area contributed by atoms with Crippen molar-refractivity contribution in [1.29, 1.82) is 0 Å². The molecule has 0 spiro atoms. The summed E-state index contributed by atoms with van der Waals surface area (Å²) in [7, 11) is -3.40. The Kier molecular flexibility index (Phi) is 8.12. The lowest BCUT2D eigenvalue weighted by Gasteiger charge is -2.14. The van der Waals surface area contributed by atoms with Crippen LogP contribution in [0.2, 0.25) is 0 Å². The fourth-order valence-corrected chi connectivity index (χ4v) is 4.69. The van der Waals surface area contributed by atoms with E-state index in [2.05, 4.69) is 15.0 Å². The highest BCUT2D eigenvalue weighted by Gasteiger charge is 2.16. The Morgan fingerprint density at radius 3 is 2.57 bits per heavy atom. The zero-order valence-corrected chi connectivity index (χ0v) is 21.1. The first kappa shape index (κ1) is 26.2. The topological polar surface area (TPSA) is 141 Å². The number of ether oxygens (including phenoxy) is 1. The van der Waals surface area contributed by atoms with Gasteiger partial charge in [0.15, 0.2) is 0 Å². The minimum Gasteiger partial charge on any atom is -0.492 e. The molecule has 0 saturated heterocycles. The Morgan fingerprint density at radius 1 is 1.05 bits per heavy atom. The molecule has 0 bridgehead atoms. The molecule has 0 aliphatic carbocycles. The highest BCUT2D eigenvalue weighted by Crippen LogP contribution is 2.32. The van der Waals surface area contributed by atoms with E-state index in [1.54, 1.807) is 24.3 Å². The fourth-order valence-electron chi connectivity index (χ4n) is 4.13. The third-order valence-corrected chi connectivity index (χ3v) is 6.33. The predicted molar refractivity (Wildman–Crippen MR) is 143 cm³/mol. The number of aromatic amines is 1. The van der Waals surface area contributed by atoms with Crippen molar-refractivity contribution >= 4 is 32.6 Å². The Bertz CT molecular complexity index is 1480. The summed E-state index contributed by atoms with van der Waals surface area (Å²) < 4.78 is 31.1. The van der Waals surface area contributed by atoms with Crippen LogP contribution in [0.1, 0.15) is 17.2 Å². The molecule has 4 rings (SSSR count). The van der Waals surface area contributed by atoms with Crippen molar-refractivity contribution in [1.82, 2.24) is 10.3 Å². The van der Waals surface area contributed by atoms with Gasteiger partial charge in [0.25, 0.3) is 0 Å². The average Bonchev–Trinajstić information content (AvgIpc) is 3.20. The van der Waals surface area contributed by atoms with Gasteiger partial charge in [-0.05, 0) is 41.0 Å². The number of aliphatic carboxylic acids is 1. The summed E-state index contributed by atoms with van der Waals surface area (Å²) in [6.45, 7) is 1.09. The maximum absolute atomic E-state index is 11.5. The molecule has 1 atom stereocenters. The fraction of sp³-hybridized carbons (Fsp3) is 0.222. The number of nitrogens with one attached hydrogen (secondary N) is 3. The van der Waals surface area contributed by atoms with Gasteiger partial charge in [-0.1, -0.05) is 42.5 Å². The van der Waals surface area contributed by atoms with E-state index >= 15 is 0 Å². The molecule has 0 fully saturated rings. The summed E-state index contributed by atoms with van der Waals surface area (Å²) in [5.74, 6) is -0.262. The van der Waals surface area contributed by atoms with Crippen LogP contribution in [0.15, 0.2) is 72.8 Å². The van der Waals surface area contributed by atoms with E-state index in [0.717, 1.165) is 34.0 Å². The second-order valence-electron chi connectivity index (χ2n) is 8.69. The van der Waals surface area contributed by atoms with Crippen LogP contribution in [0.25, 0.3) is 22.2 Å². The molecular formula is C27H29N3O6S. The summed E-state index contributed by atoms with van der Waals surface area (Å²) >= 11 is 0. The van der Waals surface area contributed by atoms with Gasteiger partial charge in [0.1, 0.15) is 12.4 Å². The van der Waals surface area contributed by atoms with Gasteiger partial charge in [0, 0.05) is 35.7 Å². The largest absolute Gasteiger partial charge is 0.492 e. The van der Waals surface area contributed by atoms with Crippen molar-refractivity contribution in [2.24, 2.45) is 0 Å². The number of aliphatic hydroxyl groups is 1. The number of carbonyl (C=O) groups is 1. The lowest BCUT2D eigenvalue weighted by atomic mass is 10.0. The van der Waals surface area contributed by atoms with E-state index in [9.17, 15) is 23.4 Å².